The Labute approximate surface area is 120 Å². The molecule has 0 saturated heterocycles. The van der Waals surface area contributed by atoms with E-state index in [0.29, 0.717) is 39.1 Å². The van der Waals surface area contributed by atoms with Gasteiger partial charge in [0.1, 0.15) is 5.75 Å². The van der Waals surface area contributed by atoms with E-state index in [4.69, 9.17) is 14.6 Å². The maximum atomic E-state index is 12.0. The highest BCUT2D eigenvalue weighted by Crippen LogP contribution is 2.09. The maximum absolute atomic E-state index is 12.0. The van der Waals surface area contributed by atoms with Gasteiger partial charge in [0.2, 0.25) is 5.91 Å². The van der Waals surface area contributed by atoms with E-state index < -0.39 is 0 Å². The number of aliphatic hydroxyl groups is 1. The summed E-state index contributed by atoms with van der Waals surface area (Å²) in [6.07, 6.45) is 1.07. The van der Waals surface area contributed by atoms with E-state index in [2.05, 4.69) is 0 Å². The van der Waals surface area contributed by atoms with Crippen LogP contribution in [0.1, 0.15) is 12.8 Å². The summed E-state index contributed by atoms with van der Waals surface area (Å²) in [5, 5.41) is 8.95. The zero-order chi connectivity index (χ0) is 14.6. The van der Waals surface area contributed by atoms with Crippen LogP contribution in [0.2, 0.25) is 0 Å². The highest BCUT2D eigenvalue weighted by atomic mass is 16.5. The van der Waals surface area contributed by atoms with Crippen LogP contribution >= 0.6 is 0 Å². The summed E-state index contributed by atoms with van der Waals surface area (Å²) in [5.74, 6) is 0.833. The van der Waals surface area contributed by atoms with E-state index in [9.17, 15) is 4.79 Å². The van der Waals surface area contributed by atoms with Crippen LogP contribution in [0.25, 0.3) is 0 Å². The molecule has 112 valence electrons. The molecule has 0 aliphatic heterocycles. The number of aliphatic hydroxyl groups excluding tert-OH is 1. The normalized spacial score (nSPS) is 10.3. The molecule has 0 spiro atoms. The van der Waals surface area contributed by atoms with Crippen molar-refractivity contribution in [1.82, 2.24) is 4.90 Å². The Balaban J connectivity index is 2.23. The van der Waals surface area contributed by atoms with Crippen molar-refractivity contribution in [2.24, 2.45) is 0 Å². The summed E-state index contributed by atoms with van der Waals surface area (Å²) in [5.41, 5.74) is 0. The minimum Gasteiger partial charge on any atom is -0.494 e. The molecule has 1 rings (SSSR count). The van der Waals surface area contributed by atoms with Crippen molar-refractivity contribution in [2.75, 3.05) is 40.0 Å². The highest BCUT2D eigenvalue weighted by Gasteiger charge is 2.12. The number of carbonyl (C=O) groups is 1. The van der Waals surface area contributed by atoms with Gasteiger partial charge in [0.25, 0.3) is 0 Å². The fourth-order valence-corrected chi connectivity index (χ4v) is 1.77. The smallest absolute Gasteiger partial charge is 0.222 e. The number of rotatable bonds is 10. The zero-order valence-corrected chi connectivity index (χ0v) is 12.0. The van der Waals surface area contributed by atoms with Gasteiger partial charge in [-0.25, -0.2) is 0 Å². The molecule has 0 heterocycles. The number of benzene rings is 1. The number of carbonyl (C=O) groups excluding carboxylic acids is 1. The average Bonchev–Trinajstić information content (AvgIpc) is 2.49. The number of para-hydroxylation sites is 1. The molecule has 0 fully saturated rings. The second-order valence-corrected chi connectivity index (χ2v) is 4.36. The van der Waals surface area contributed by atoms with Gasteiger partial charge in [0.05, 0.1) is 19.8 Å². The highest BCUT2D eigenvalue weighted by molar-refractivity contribution is 5.76. The minimum atomic E-state index is -0.0318. The zero-order valence-electron chi connectivity index (χ0n) is 12.0. The topological polar surface area (TPSA) is 59.0 Å². The number of methoxy groups -OCH3 is 1. The molecule has 0 aliphatic carbocycles. The number of ether oxygens (including phenoxy) is 2. The lowest BCUT2D eigenvalue weighted by Gasteiger charge is -2.21. The summed E-state index contributed by atoms with van der Waals surface area (Å²) in [4.78, 5) is 13.6. The molecule has 0 radical (unpaired) electrons. The largest absolute Gasteiger partial charge is 0.494 e. The molecule has 0 saturated carbocycles. The average molecular weight is 281 g/mol. The van der Waals surface area contributed by atoms with Crippen molar-refractivity contribution < 1.29 is 19.4 Å². The first-order valence-corrected chi connectivity index (χ1v) is 6.83. The van der Waals surface area contributed by atoms with E-state index in [0.717, 1.165) is 5.75 Å². The minimum absolute atomic E-state index is 0.0211. The third-order valence-electron chi connectivity index (χ3n) is 2.83. The first-order valence-electron chi connectivity index (χ1n) is 6.83. The lowest BCUT2D eigenvalue weighted by molar-refractivity contribution is -0.132. The Hall–Kier alpha value is -1.59. The van der Waals surface area contributed by atoms with Crippen molar-refractivity contribution in [3.63, 3.8) is 0 Å². The lowest BCUT2D eigenvalue weighted by Crippen LogP contribution is -2.36. The maximum Gasteiger partial charge on any atom is 0.222 e. The van der Waals surface area contributed by atoms with Crippen molar-refractivity contribution in [2.45, 2.75) is 12.8 Å². The van der Waals surface area contributed by atoms with Crippen LogP contribution in [-0.2, 0) is 9.53 Å². The summed E-state index contributed by atoms with van der Waals surface area (Å²) in [6.45, 7) is 1.81. The van der Waals surface area contributed by atoms with Crippen molar-refractivity contribution in [3.05, 3.63) is 30.3 Å². The Morgan fingerprint density at radius 3 is 2.60 bits per heavy atom. The van der Waals surface area contributed by atoms with Gasteiger partial charge in [-0.05, 0) is 18.6 Å². The Morgan fingerprint density at radius 2 is 1.95 bits per heavy atom. The first kappa shape index (κ1) is 16.5. The first-order chi connectivity index (χ1) is 9.77. The molecule has 5 heteroatoms. The predicted octanol–water partition coefficient (Wildman–Crippen LogP) is 1.31. The fourth-order valence-electron chi connectivity index (χ4n) is 1.77. The summed E-state index contributed by atoms with van der Waals surface area (Å²) in [7, 11) is 1.59. The van der Waals surface area contributed by atoms with Gasteiger partial charge in [-0.1, -0.05) is 18.2 Å². The molecule has 0 aromatic heterocycles. The Bertz CT molecular complexity index is 369. The molecule has 1 amide bonds. The van der Waals surface area contributed by atoms with Gasteiger partial charge in [-0.2, -0.15) is 0 Å². The third-order valence-corrected chi connectivity index (χ3v) is 2.83. The standard InChI is InChI=1S/C15H23NO4/c1-19-13-10-16(9-11-17)15(18)8-5-12-20-14-6-3-2-4-7-14/h2-4,6-7,17H,5,8-13H2,1H3. The monoisotopic (exact) mass is 281 g/mol. The SMILES string of the molecule is COCCN(CCO)C(=O)CCCOc1ccccc1. The van der Waals surface area contributed by atoms with Crippen LogP contribution in [0.5, 0.6) is 5.75 Å². The molecular formula is C15H23NO4. The number of hydrogen-bond acceptors (Lipinski definition) is 4. The number of hydrogen-bond donors (Lipinski definition) is 1. The van der Waals surface area contributed by atoms with Gasteiger partial charge in [0, 0.05) is 26.6 Å². The quantitative estimate of drug-likeness (QED) is 0.657. The van der Waals surface area contributed by atoms with Crippen LogP contribution in [0.3, 0.4) is 0 Å². The van der Waals surface area contributed by atoms with Crippen LogP contribution in [0.4, 0.5) is 0 Å². The molecule has 0 atom stereocenters. The van der Waals surface area contributed by atoms with Gasteiger partial charge in [-0.15, -0.1) is 0 Å². The van der Waals surface area contributed by atoms with Crippen molar-refractivity contribution in [3.8, 4) is 5.75 Å². The number of nitrogens with zero attached hydrogens (tertiary/aromatic N) is 1. The molecule has 0 bridgehead atoms. The van der Waals surface area contributed by atoms with Crippen LogP contribution in [0.15, 0.2) is 30.3 Å². The van der Waals surface area contributed by atoms with Gasteiger partial charge in [-0.3, -0.25) is 4.79 Å². The van der Waals surface area contributed by atoms with E-state index in [1.165, 1.54) is 0 Å². The summed E-state index contributed by atoms with van der Waals surface area (Å²) < 4.78 is 10.5. The molecule has 5 nitrogen and oxygen atoms in total. The van der Waals surface area contributed by atoms with Crippen molar-refractivity contribution >= 4 is 5.91 Å². The van der Waals surface area contributed by atoms with Gasteiger partial charge in [0.15, 0.2) is 0 Å². The molecule has 1 aromatic carbocycles. The van der Waals surface area contributed by atoms with E-state index in [1.807, 2.05) is 30.3 Å². The molecule has 1 aromatic rings. The van der Waals surface area contributed by atoms with Gasteiger partial charge >= 0.3 is 0 Å². The number of amides is 1. The Morgan fingerprint density at radius 1 is 1.20 bits per heavy atom. The molecule has 0 aliphatic rings. The summed E-state index contributed by atoms with van der Waals surface area (Å²) in [6, 6.07) is 9.53. The van der Waals surface area contributed by atoms with E-state index in [1.54, 1.807) is 12.0 Å². The molecular weight excluding hydrogens is 258 g/mol. The van der Waals surface area contributed by atoms with Crippen LogP contribution < -0.4 is 4.74 Å². The van der Waals surface area contributed by atoms with E-state index >= 15 is 0 Å². The second-order valence-electron chi connectivity index (χ2n) is 4.36. The van der Waals surface area contributed by atoms with Gasteiger partial charge < -0.3 is 19.5 Å². The fraction of sp³-hybridized carbons (Fsp3) is 0.533. The van der Waals surface area contributed by atoms with Crippen LogP contribution in [0, 0.1) is 0 Å². The van der Waals surface area contributed by atoms with E-state index in [-0.39, 0.29) is 12.5 Å². The van der Waals surface area contributed by atoms with Crippen LogP contribution in [-0.4, -0.2) is 55.9 Å². The predicted molar refractivity (Wildman–Crippen MR) is 76.7 cm³/mol. The molecule has 1 N–H and O–H groups in total. The third kappa shape index (κ3) is 6.54. The molecule has 0 unspecified atom stereocenters. The summed E-state index contributed by atoms with van der Waals surface area (Å²) >= 11 is 0. The Kier molecular flexibility index (Phi) is 8.42. The lowest BCUT2D eigenvalue weighted by atomic mass is 10.2. The second kappa shape index (κ2) is 10.2. The molecule has 20 heavy (non-hydrogen) atoms. The van der Waals surface area contributed by atoms with Crippen molar-refractivity contribution in [1.29, 1.82) is 0 Å².